The second-order valence-corrected chi connectivity index (χ2v) is 8.71. The Morgan fingerprint density at radius 1 is 1.04 bits per heavy atom. The molecule has 1 saturated heterocycles. The van der Waals surface area contributed by atoms with Crippen LogP contribution in [0.2, 0.25) is 0 Å². The molecule has 1 heterocycles. The molecule has 4 amide bonds. The first-order valence-electron chi connectivity index (χ1n) is 10.2. The van der Waals surface area contributed by atoms with Crippen molar-refractivity contribution in [3.05, 3.63) is 0 Å². The van der Waals surface area contributed by atoms with Crippen molar-refractivity contribution in [2.24, 2.45) is 11.8 Å². The fourth-order valence-corrected chi connectivity index (χ4v) is 3.74. The number of amides is 4. The highest BCUT2D eigenvalue weighted by atomic mass is 16.2. The summed E-state index contributed by atoms with van der Waals surface area (Å²) in [6.07, 6.45) is 6.22. The van der Waals surface area contributed by atoms with Crippen LogP contribution in [0, 0.1) is 11.8 Å². The molecule has 0 bridgehead atoms. The van der Waals surface area contributed by atoms with Crippen LogP contribution in [0.3, 0.4) is 0 Å². The molecule has 6 nitrogen and oxygen atoms in total. The first-order valence-corrected chi connectivity index (χ1v) is 10.2. The van der Waals surface area contributed by atoms with Gasteiger partial charge in [-0.15, -0.1) is 0 Å². The van der Waals surface area contributed by atoms with Gasteiger partial charge < -0.3 is 10.2 Å². The summed E-state index contributed by atoms with van der Waals surface area (Å²) < 4.78 is 0. The summed E-state index contributed by atoms with van der Waals surface area (Å²) in [6.45, 7) is 9.76. The van der Waals surface area contributed by atoms with Crippen molar-refractivity contribution >= 4 is 17.8 Å². The first-order chi connectivity index (χ1) is 12.2. The van der Waals surface area contributed by atoms with Crippen LogP contribution >= 0.6 is 0 Å². The minimum absolute atomic E-state index is 0.123. The summed E-state index contributed by atoms with van der Waals surface area (Å²) in [6, 6.07) is -0.405. The fourth-order valence-electron chi connectivity index (χ4n) is 3.74. The minimum Gasteiger partial charge on any atom is -0.341 e. The molecule has 26 heavy (non-hydrogen) atoms. The predicted molar refractivity (Wildman–Crippen MR) is 102 cm³/mol. The average molecular weight is 366 g/mol. The van der Waals surface area contributed by atoms with Crippen molar-refractivity contribution in [2.45, 2.75) is 78.2 Å². The molecule has 0 atom stereocenters. The van der Waals surface area contributed by atoms with Crippen molar-refractivity contribution < 1.29 is 14.4 Å². The van der Waals surface area contributed by atoms with Crippen LogP contribution < -0.4 is 5.32 Å². The van der Waals surface area contributed by atoms with Crippen LogP contribution in [0.5, 0.6) is 0 Å². The van der Waals surface area contributed by atoms with Crippen molar-refractivity contribution in [3.63, 3.8) is 0 Å². The Morgan fingerprint density at radius 3 is 2.08 bits per heavy atom. The number of imide groups is 1. The highest BCUT2D eigenvalue weighted by molar-refractivity contribution is 6.09. The molecule has 6 heteroatoms. The predicted octanol–water partition coefficient (Wildman–Crippen LogP) is 3.16. The van der Waals surface area contributed by atoms with Gasteiger partial charge in [0.25, 0.3) is 5.91 Å². The molecule has 2 rings (SSSR count). The Bertz CT molecular complexity index is 512. The smallest absolute Gasteiger partial charge is 0.325 e. The van der Waals surface area contributed by atoms with E-state index in [0.29, 0.717) is 37.8 Å². The normalized spacial score (nSPS) is 19.5. The van der Waals surface area contributed by atoms with Gasteiger partial charge in [-0.2, -0.15) is 0 Å². The third kappa shape index (κ3) is 4.98. The fraction of sp³-hybridized carbons (Fsp3) is 0.850. The van der Waals surface area contributed by atoms with E-state index in [9.17, 15) is 14.4 Å². The Kier molecular flexibility index (Phi) is 7.07. The van der Waals surface area contributed by atoms with E-state index in [-0.39, 0.29) is 18.4 Å². The van der Waals surface area contributed by atoms with Gasteiger partial charge in [0.1, 0.15) is 12.1 Å². The SMILES string of the molecule is CC(C)CCN(CCC(C)C)C(=O)CN1C(=O)NC2(CCCCC2)C1=O. The van der Waals surface area contributed by atoms with Crippen LogP contribution in [0.4, 0.5) is 4.79 Å². The Balaban J connectivity index is 2.02. The van der Waals surface area contributed by atoms with E-state index in [4.69, 9.17) is 0 Å². The number of carbonyl (C=O) groups is 3. The van der Waals surface area contributed by atoms with Gasteiger partial charge in [0, 0.05) is 13.1 Å². The summed E-state index contributed by atoms with van der Waals surface area (Å²) in [5.41, 5.74) is -0.754. The molecule has 2 fully saturated rings. The van der Waals surface area contributed by atoms with E-state index >= 15 is 0 Å². The third-order valence-corrected chi connectivity index (χ3v) is 5.55. The number of hydrogen-bond acceptors (Lipinski definition) is 3. The lowest BCUT2D eigenvalue weighted by Crippen LogP contribution is -2.49. The summed E-state index contributed by atoms with van der Waals surface area (Å²) in [4.78, 5) is 41.0. The minimum atomic E-state index is -0.754. The summed E-state index contributed by atoms with van der Waals surface area (Å²) in [5.74, 6) is 0.684. The molecule has 0 unspecified atom stereocenters. The summed E-state index contributed by atoms with van der Waals surface area (Å²) in [7, 11) is 0. The lowest BCUT2D eigenvalue weighted by molar-refractivity contribution is -0.139. The number of rotatable bonds is 8. The van der Waals surface area contributed by atoms with Gasteiger partial charge in [-0.25, -0.2) is 4.79 Å². The average Bonchev–Trinajstić information content (AvgIpc) is 2.79. The number of carbonyl (C=O) groups excluding carboxylic acids is 3. The van der Waals surface area contributed by atoms with Crippen molar-refractivity contribution in [1.82, 2.24) is 15.1 Å². The number of hydrogen-bond donors (Lipinski definition) is 1. The van der Waals surface area contributed by atoms with Gasteiger partial charge in [-0.05, 0) is 37.5 Å². The van der Waals surface area contributed by atoms with Crippen molar-refractivity contribution in [2.75, 3.05) is 19.6 Å². The molecule has 0 aromatic rings. The number of nitrogens with zero attached hydrogens (tertiary/aromatic N) is 2. The van der Waals surface area contributed by atoms with E-state index in [1.54, 1.807) is 0 Å². The molecular formula is C20H35N3O3. The topological polar surface area (TPSA) is 69.7 Å². The Hall–Kier alpha value is -1.59. The molecule has 1 spiro atoms. The zero-order valence-corrected chi connectivity index (χ0v) is 16.8. The lowest BCUT2D eigenvalue weighted by Gasteiger charge is -2.30. The summed E-state index contributed by atoms with van der Waals surface area (Å²) >= 11 is 0. The second kappa shape index (κ2) is 8.87. The highest BCUT2D eigenvalue weighted by Crippen LogP contribution is 2.33. The zero-order valence-electron chi connectivity index (χ0n) is 16.8. The molecule has 148 valence electrons. The van der Waals surface area contributed by atoms with E-state index in [1.807, 2.05) is 4.90 Å². The van der Waals surface area contributed by atoms with Crippen LogP contribution in [-0.4, -0.2) is 52.8 Å². The van der Waals surface area contributed by atoms with Gasteiger partial charge in [-0.1, -0.05) is 47.0 Å². The van der Waals surface area contributed by atoms with Gasteiger partial charge >= 0.3 is 6.03 Å². The maximum absolute atomic E-state index is 12.9. The maximum atomic E-state index is 12.9. The third-order valence-electron chi connectivity index (χ3n) is 5.55. The molecule has 1 aliphatic carbocycles. The largest absolute Gasteiger partial charge is 0.341 e. The molecule has 0 radical (unpaired) electrons. The molecule has 2 aliphatic rings. The Morgan fingerprint density at radius 2 is 1.58 bits per heavy atom. The van der Waals surface area contributed by atoms with Crippen LogP contribution in [0.15, 0.2) is 0 Å². The van der Waals surface area contributed by atoms with Crippen molar-refractivity contribution in [1.29, 1.82) is 0 Å². The lowest BCUT2D eigenvalue weighted by atomic mass is 9.82. The number of urea groups is 1. The maximum Gasteiger partial charge on any atom is 0.325 e. The van der Waals surface area contributed by atoms with E-state index in [2.05, 4.69) is 33.0 Å². The van der Waals surface area contributed by atoms with E-state index < -0.39 is 11.6 Å². The van der Waals surface area contributed by atoms with E-state index in [0.717, 1.165) is 37.0 Å². The Labute approximate surface area is 157 Å². The van der Waals surface area contributed by atoms with Gasteiger partial charge in [-0.3, -0.25) is 14.5 Å². The molecule has 1 aliphatic heterocycles. The van der Waals surface area contributed by atoms with Crippen molar-refractivity contribution in [3.8, 4) is 0 Å². The molecule has 0 aromatic heterocycles. The van der Waals surface area contributed by atoms with Gasteiger partial charge in [0.05, 0.1) is 0 Å². The molecule has 1 N–H and O–H groups in total. The van der Waals surface area contributed by atoms with Crippen LogP contribution in [-0.2, 0) is 9.59 Å². The first kappa shape index (κ1) is 20.7. The van der Waals surface area contributed by atoms with Crippen LogP contribution in [0.1, 0.15) is 72.6 Å². The van der Waals surface area contributed by atoms with Crippen LogP contribution in [0.25, 0.3) is 0 Å². The zero-order chi connectivity index (χ0) is 19.3. The highest BCUT2D eigenvalue weighted by Gasteiger charge is 2.51. The van der Waals surface area contributed by atoms with Gasteiger partial charge in [0.15, 0.2) is 0 Å². The van der Waals surface area contributed by atoms with E-state index in [1.165, 1.54) is 0 Å². The monoisotopic (exact) mass is 365 g/mol. The standard InChI is InChI=1S/C20H35N3O3/c1-15(2)8-12-22(13-9-16(3)4)17(24)14-23-18(25)20(21-19(23)26)10-6-5-7-11-20/h15-16H,5-14H2,1-4H3,(H,21,26). The van der Waals surface area contributed by atoms with Gasteiger partial charge in [0.2, 0.25) is 5.91 Å². The molecular weight excluding hydrogens is 330 g/mol. The number of nitrogens with one attached hydrogen (secondary N) is 1. The summed E-state index contributed by atoms with van der Waals surface area (Å²) in [5, 5.41) is 2.88. The second-order valence-electron chi connectivity index (χ2n) is 8.71. The quantitative estimate of drug-likeness (QED) is 0.672. The molecule has 0 aromatic carbocycles. The molecule has 1 saturated carbocycles.